The van der Waals surface area contributed by atoms with Crippen LogP contribution >= 0.6 is 0 Å². The summed E-state index contributed by atoms with van der Waals surface area (Å²) >= 11 is 0. The predicted octanol–water partition coefficient (Wildman–Crippen LogP) is 2.72. The molecule has 0 saturated heterocycles. The van der Waals surface area contributed by atoms with Crippen LogP contribution in [-0.4, -0.2) is 23.9 Å². The molecular weight excluding hydrogens is 236 g/mol. The fourth-order valence-corrected chi connectivity index (χ4v) is 2.83. The van der Waals surface area contributed by atoms with Gasteiger partial charge in [0.05, 0.1) is 0 Å². The quantitative estimate of drug-likeness (QED) is 0.908. The van der Waals surface area contributed by atoms with Crippen molar-refractivity contribution in [1.82, 2.24) is 4.90 Å². The van der Waals surface area contributed by atoms with Crippen LogP contribution in [0.25, 0.3) is 0 Å². The van der Waals surface area contributed by atoms with E-state index in [-0.39, 0.29) is 5.91 Å². The third kappa shape index (κ3) is 3.35. The molecule has 19 heavy (non-hydrogen) atoms. The topological polar surface area (TPSA) is 46.3 Å². The number of amides is 1. The Bertz CT molecular complexity index is 410. The number of likely N-dealkylation sites (N-methyl/N-ethyl adjacent to an activating group) is 1. The summed E-state index contributed by atoms with van der Waals surface area (Å²) in [6.45, 7) is 2.29. The average Bonchev–Trinajstić information content (AvgIpc) is 2.46. The van der Waals surface area contributed by atoms with Crippen LogP contribution in [0.4, 0.5) is 0 Å². The van der Waals surface area contributed by atoms with Gasteiger partial charge in [0.2, 0.25) is 5.91 Å². The third-order valence-corrected chi connectivity index (χ3v) is 4.31. The van der Waals surface area contributed by atoms with Crippen LogP contribution in [0.3, 0.4) is 0 Å². The molecule has 1 unspecified atom stereocenters. The molecule has 1 aliphatic carbocycles. The Balaban J connectivity index is 1.99. The zero-order chi connectivity index (χ0) is 13.8. The van der Waals surface area contributed by atoms with E-state index in [1.807, 2.05) is 42.3 Å². The van der Waals surface area contributed by atoms with Gasteiger partial charge in [0.1, 0.15) is 6.04 Å². The molecule has 0 heterocycles. The minimum absolute atomic E-state index is 0.0331. The van der Waals surface area contributed by atoms with Gasteiger partial charge < -0.3 is 10.6 Å². The predicted molar refractivity (Wildman–Crippen MR) is 77.6 cm³/mol. The molecule has 104 valence electrons. The van der Waals surface area contributed by atoms with E-state index < -0.39 is 6.04 Å². The lowest BCUT2D eigenvalue weighted by Crippen LogP contribution is -2.43. The van der Waals surface area contributed by atoms with Crippen LogP contribution in [0.15, 0.2) is 30.3 Å². The summed E-state index contributed by atoms with van der Waals surface area (Å²) in [4.78, 5) is 14.3. The van der Waals surface area contributed by atoms with Crippen molar-refractivity contribution >= 4 is 5.91 Å². The molecule has 1 amide bonds. The molecule has 1 fully saturated rings. The number of nitrogens with zero attached hydrogens (tertiary/aromatic N) is 1. The molecule has 1 atom stereocenters. The Morgan fingerprint density at radius 1 is 1.21 bits per heavy atom. The van der Waals surface area contributed by atoms with Crippen molar-refractivity contribution in [3.63, 3.8) is 0 Å². The molecule has 2 rings (SSSR count). The van der Waals surface area contributed by atoms with Crippen molar-refractivity contribution in [3.8, 4) is 0 Å². The monoisotopic (exact) mass is 260 g/mol. The first-order valence-corrected chi connectivity index (χ1v) is 7.16. The van der Waals surface area contributed by atoms with Crippen LogP contribution < -0.4 is 5.73 Å². The lowest BCUT2D eigenvalue weighted by Gasteiger charge is -2.35. The summed E-state index contributed by atoms with van der Waals surface area (Å²) < 4.78 is 0. The van der Waals surface area contributed by atoms with Crippen molar-refractivity contribution in [2.45, 2.75) is 44.7 Å². The first-order valence-electron chi connectivity index (χ1n) is 7.16. The number of carbonyl (C=O) groups is 1. The highest BCUT2D eigenvalue weighted by molar-refractivity contribution is 5.83. The van der Waals surface area contributed by atoms with Gasteiger partial charge in [-0.25, -0.2) is 0 Å². The van der Waals surface area contributed by atoms with Gasteiger partial charge in [-0.2, -0.15) is 0 Å². The third-order valence-electron chi connectivity index (χ3n) is 4.31. The SMILES string of the molecule is CC1CCC(N(C)C(=O)C(N)c2ccccc2)CC1. The highest BCUT2D eigenvalue weighted by Crippen LogP contribution is 2.27. The maximum Gasteiger partial charge on any atom is 0.244 e. The van der Waals surface area contributed by atoms with Gasteiger partial charge in [0.25, 0.3) is 0 Å². The Morgan fingerprint density at radius 3 is 2.37 bits per heavy atom. The number of hydrogen-bond acceptors (Lipinski definition) is 2. The first kappa shape index (κ1) is 14.1. The number of rotatable bonds is 3. The fourth-order valence-electron chi connectivity index (χ4n) is 2.83. The van der Waals surface area contributed by atoms with Crippen molar-refractivity contribution in [2.24, 2.45) is 11.7 Å². The largest absolute Gasteiger partial charge is 0.341 e. The number of hydrogen-bond donors (Lipinski definition) is 1. The summed E-state index contributed by atoms with van der Waals surface area (Å²) in [6, 6.07) is 9.44. The number of benzene rings is 1. The van der Waals surface area contributed by atoms with E-state index in [1.54, 1.807) is 0 Å². The summed E-state index contributed by atoms with van der Waals surface area (Å²) in [5.41, 5.74) is 6.97. The van der Waals surface area contributed by atoms with Crippen LogP contribution in [0, 0.1) is 5.92 Å². The van der Waals surface area contributed by atoms with Crippen LogP contribution in [0.2, 0.25) is 0 Å². The molecule has 0 bridgehead atoms. The smallest absolute Gasteiger partial charge is 0.244 e. The van der Waals surface area contributed by atoms with E-state index in [2.05, 4.69) is 6.92 Å². The van der Waals surface area contributed by atoms with Crippen LogP contribution in [0.5, 0.6) is 0 Å². The maximum absolute atomic E-state index is 12.4. The average molecular weight is 260 g/mol. The molecule has 1 aliphatic rings. The molecule has 0 spiro atoms. The standard InChI is InChI=1S/C16H24N2O/c1-12-8-10-14(11-9-12)18(2)16(19)15(17)13-6-4-3-5-7-13/h3-7,12,14-15H,8-11,17H2,1-2H3. The number of nitrogens with two attached hydrogens (primary N) is 1. The van der Waals surface area contributed by atoms with Gasteiger partial charge in [0, 0.05) is 13.1 Å². The van der Waals surface area contributed by atoms with Crippen LogP contribution in [0.1, 0.15) is 44.2 Å². The molecule has 2 N–H and O–H groups in total. The fraction of sp³-hybridized carbons (Fsp3) is 0.562. The van der Waals surface area contributed by atoms with Crippen molar-refractivity contribution in [1.29, 1.82) is 0 Å². The van der Waals surface area contributed by atoms with Crippen molar-refractivity contribution in [2.75, 3.05) is 7.05 Å². The highest BCUT2D eigenvalue weighted by atomic mass is 16.2. The molecule has 0 radical (unpaired) electrons. The molecule has 0 aromatic heterocycles. The van der Waals surface area contributed by atoms with E-state index in [0.29, 0.717) is 6.04 Å². The summed E-state index contributed by atoms with van der Waals surface area (Å²) in [6.07, 6.45) is 4.63. The Morgan fingerprint density at radius 2 is 1.79 bits per heavy atom. The van der Waals surface area contributed by atoms with E-state index in [1.165, 1.54) is 12.8 Å². The second kappa shape index (κ2) is 6.20. The van der Waals surface area contributed by atoms with Gasteiger partial charge in [-0.15, -0.1) is 0 Å². The van der Waals surface area contributed by atoms with Gasteiger partial charge in [-0.3, -0.25) is 4.79 Å². The van der Waals surface area contributed by atoms with E-state index in [4.69, 9.17) is 5.73 Å². The minimum atomic E-state index is -0.537. The second-order valence-corrected chi connectivity index (χ2v) is 5.75. The molecule has 1 aromatic rings. The van der Waals surface area contributed by atoms with Crippen molar-refractivity contribution in [3.05, 3.63) is 35.9 Å². The summed E-state index contributed by atoms with van der Waals surface area (Å²) in [5, 5.41) is 0. The molecule has 0 aliphatic heterocycles. The van der Waals surface area contributed by atoms with Gasteiger partial charge in [0.15, 0.2) is 0 Å². The van der Waals surface area contributed by atoms with E-state index >= 15 is 0 Å². The Hall–Kier alpha value is -1.35. The lowest BCUT2D eigenvalue weighted by atomic mass is 9.86. The minimum Gasteiger partial charge on any atom is -0.341 e. The number of carbonyl (C=O) groups excluding carboxylic acids is 1. The second-order valence-electron chi connectivity index (χ2n) is 5.75. The highest BCUT2D eigenvalue weighted by Gasteiger charge is 2.28. The Kier molecular flexibility index (Phi) is 4.59. The zero-order valence-corrected chi connectivity index (χ0v) is 11.9. The molecule has 3 heteroatoms. The van der Waals surface area contributed by atoms with Gasteiger partial charge >= 0.3 is 0 Å². The van der Waals surface area contributed by atoms with Crippen molar-refractivity contribution < 1.29 is 4.79 Å². The zero-order valence-electron chi connectivity index (χ0n) is 11.9. The summed E-state index contributed by atoms with van der Waals surface area (Å²) in [5.74, 6) is 0.827. The molecule has 1 saturated carbocycles. The van der Waals surface area contributed by atoms with E-state index in [0.717, 1.165) is 24.3 Å². The molecule has 1 aromatic carbocycles. The lowest BCUT2D eigenvalue weighted by molar-refractivity contribution is -0.134. The first-order chi connectivity index (χ1) is 9.09. The van der Waals surface area contributed by atoms with Gasteiger partial charge in [-0.05, 0) is 37.2 Å². The maximum atomic E-state index is 12.4. The summed E-state index contributed by atoms with van der Waals surface area (Å²) in [7, 11) is 1.89. The normalized spacial score (nSPS) is 24.8. The van der Waals surface area contributed by atoms with Crippen LogP contribution in [-0.2, 0) is 4.79 Å². The molecular formula is C16H24N2O. The van der Waals surface area contributed by atoms with E-state index in [9.17, 15) is 4.79 Å². The molecule has 3 nitrogen and oxygen atoms in total. The Labute approximate surface area is 115 Å². The van der Waals surface area contributed by atoms with Gasteiger partial charge in [-0.1, -0.05) is 37.3 Å².